The summed E-state index contributed by atoms with van der Waals surface area (Å²) in [5.41, 5.74) is 0.505. The largest absolute Gasteiger partial charge is 0.594 e. The fraction of sp³-hybridized carbons (Fsp3) is 0.182. The minimum absolute atomic E-state index is 0.117. The Morgan fingerprint density at radius 1 is 1.45 bits per heavy atom. The van der Waals surface area contributed by atoms with Crippen LogP contribution in [0.2, 0.25) is 0 Å². The van der Waals surface area contributed by atoms with Gasteiger partial charge in [0.05, 0.1) is 12.0 Å². The van der Waals surface area contributed by atoms with Gasteiger partial charge >= 0.3 is 5.69 Å². The van der Waals surface area contributed by atoms with Gasteiger partial charge in [-0.15, -0.1) is 5.10 Å². The van der Waals surface area contributed by atoms with Crippen LogP contribution in [0.5, 0.6) is 5.88 Å². The third-order valence-corrected chi connectivity index (χ3v) is 2.98. The zero-order chi connectivity index (χ0) is 14.4. The third-order valence-electron chi connectivity index (χ3n) is 2.98. The van der Waals surface area contributed by atoms with E-state index < -0.39 is 4.92 Å². The standard InChI is InChI=1S/C11H9N5O4/c1-6-5-7-10(16(18)19)8-3-4-9(20-2)12-14(8)11(7)13-15(6)17/h3-5H,1-2H3. The van der Waals surface area contributed by atoms with Crippen LogP contribution in [0.25, 0.3) is 16.6 Å². The Morgan fingerprint density at radius 2 is 2.20 bits per heavy atom. The summed E-state index contributed by atoms with van der Waals surface area (Å²) < 4.78 is 6.22. The number of hydrogen-bond acceptors (Lipinski definition) is 6. The topological polar surface area (TPSA) is 110 Å². The minimum Gasteiger partial charge on any atom is -0.594 e. The summed E-state index contributed by atoms with van der Waals surface area (Å²) in [7, 11) is 1.43. The molecule has 0 aliphatic rings. The van der Waals surface area contributed by atoms with E-state index in [0.29, 0.717) is 4.85 Å². The van der Waals surface area contributed by atoms with Crippen molar-refractivity contribution in [1.82, 2.24) is 14.7 Å². The fourth-order valence-electron chi connectivity index (χ4n) is 2.06. The van der Waals surface area contributed by atoms with Crippen LogP contribution in [-0.2, 0) is 0 Å². The molecule has 9 heteroatoms. The molecule has 3 aromatic rings. The molecule has 0 N–H and O–H groups in total. The predicted octanol–water partition coefficient (Wildman–Crippen LogP) is 0.741. The summed E-state index contributed by atoms with van der Waals surface area (Å²) >= 11 is 0. The molecule has 0 aliphatic carbocycles. The van der Waals surface area contributed by atoms with E-state index in [-0.39, 0.29) is 33.8 Å². The Kier molecular flexibility index (Phi) is 2.43. The van der Waals surface area contributed by atoms with E-state index in [9.17, 15) is 15.3 Å². The fourth-order valence-corrected chi connectivity index (χ4v) is 2.06. The van der Waals surface area contributed by atoms with E-state index in [1.807, 2.05) is 0 Å². The monoisotopic (exact) mass is 275 g/mol. The highest BCUT2D eigenvalue weighted by Gasteiger charge is 2.26. The predicted molar refractivity (Wildman–Crippen MR) is 67.4 cm³/mol. The molecule has 0 radical (unpaired) electrons. The van der Waals surface area contributed by atoms with Gasteiger partial charge in [-0.25, -0.2) is 0 Å². The highest BCUT2D eigenvalue weighted by Crippen LogP contribution is 2.32. The van der Waals surface area contributed by atoms with Crippen molar-refractivity contribution in [2.75, 3.05) is 7.11 Å². The van der Waals surface area contributed by atoms with Gasteiger partial charge in [-0.1, -0.05) is 4.85 Å². The second kappa shape index (κ2) is 4.02. The van der Waals surface area contributed by atoms with Crippen molar-refractivity contribution in [2.45, 2.75) is 6.92 Å². The number of nitro groups is 1. The zero-order valence-electron chi connectivity index (χ0n) is 10.6. The SMILES string of the molecule is COc1ccc2c([N+](=O)[O-])c3cc(C)[n+]([O-])nc3n2n1. The first-order valence-electron chi connectivity index (χ1n) is 5.64. The Morgan fingerprint density at radius 3 is 2.85 bits per heavy atom. The van der Waals surface area contributed by atoms with Gasteiger partial charge in [0.25, 0.3) is 0 Å². The molecule has 3 heterocycles. The van der Waals surface area contributed by atoms with Crippen molar-refractivity contribution in [1.29, 1.82) is 0 Å². The van der Waals surface area contributed by atoms with Crippen molar-refractivity contribution in [3.63, 3.8) is 0 Å². The van der Waals surface area contributed by atoms with Gasteiger partial charge in [0.2, 0.25) is 17.2 Å². The van der Waals surface area contributed by atoms with Crippen LogP contribution in [0.4, 0.5) is 5.69 Å². The highest BCUT2D eigenvalue weighted by molar-refractivity contribution is 5.96. The van der Waals surface area contributed by atoms with Crippen molar-refractivity contribution >= 4 is 22.2 Å². The first kappa shape index (κ1) is 12.1. The maximum atomic E-state index is 11.6. The first-order chi connectivity index (χ1) is 9.52. The molecule has 0 atom stereocenters. The summed E-state index contributed by atoms with van der Waals surface area (Å²) in [6.45, 7) is 1.53. The Bertz CT molecular complexity index is 857. The summed E-state index contributed by atoms with van der Waals surface area (Å²) in [5.74, 6) is 0.268. The van der Waals surface area contributed by atoms with E-state index in [0.717, 1.165) is 0 Å². The van der Waals surface area contributed by atoms with Crippen molar-refractivity contribution < 1.29 is 14.5 Å². The number of fused-ring (bicyclic) bond motifs is 3. The maximum Gasteiger partial charge on any atom is 0.306 e. The van der Waals surface area contributed by atoms with E-state index in [2.05, 4.69) is 10.2 Å². The Hall–Kier alpha value is -2.97. The van der Waals surface area contributed by atoms with E-state index in [1.165, 1.54) is 36.7 Å². The van der Waals surface area contributed by atoms with Crippen molar-refractivity contribution in [3.8, 4) is 5.88 Å². The second-order valence-electron chi connectivity index (χ2n) is 4.17. The van der Waals surface area contributed by atoms with Gasteiger partial charge in [-0.05, 0) is 6.07 Å². The summed E-state index contributed by atoms with van der Waals surface area (Å²) in [4.78, 5) is 11.2. The van der Waals surface area contributed by atoms with E-state index >= 15 is 0 Å². The quantitative estimate of drug-likeness (QED) is 0.295. The molecule has 9 nitrogen and oxygen atoms in total. The molecule has 0 saturated carbocycles. The number of aromatic nitrogens is 4. The third kappa shape index (κ3) is 1.53. The van der Waals surface area contributed by atoms with Gasteiger partial charge in [0.15, 0.2) is 0 Å². The maximum absolute atomic E-state index is 11.6. The number of ether oxygens (including phenoxy) is 1. The van der Waals surface area contributed by atoms with Crippen molar-refractivity contribution in [2.24, 2.45) is 0 Å². The number of hydrogen-bond donors (Lipinski definition) is 0. The molecule has 20 heavy (non-hydrogen) atoms. The van der Waals surface area contributed by atoms with Crippen LogP contribution in [0.1, 0.15) is 5.69 Å². The van der Waals surface area contributed by atoms with Gasteiger partial charge in [-0.2, -0.15) is 4.52 Å². The average molecular weight is 275 g/mol. The van der Waals surface area contributed by atoms with Crippen LogP contribution >= 0.6 is 0 Å². The van der Waals surface area contributed by atoms with Crippen molar-refractivity contribution in [3.05, 3.63) is 39.2 Å². The molecular weight excluding hydrogens is 266 g/mol. The smallest absolute Gasteiger partial charge is 0.306 e. The normalized spacial score (nSPS) is 11.1. The molecular formula is C11H9N5O4. The molecule has 0 aromatic carbocycles. The molecule has 0 amide bonds. The molecule has 0 fully saturated rings. The molecule has 0 spiro atoms. The van der Waals surface area contributed by atoms with Crippen LogP contribution < -0.4 is 9.58 Å². The second-order valence-corrected chi connectivity index (χ2v) is 4.17. The highest BCUT2D eigenvalue weighted by atomic mass is 16.6. The molecule has 0 unspecified atom stereocenters. The molecule has 0 bridgehead atoms. The van der Waals surface area contributed by atoms with Crippen LogP contribution in [0.15, 0.2) is 18.2 Å². The Balaban J connectivity index is 2.55. The minimum atomic E-state index is -0.512. The lowest BCUT2D eigenvalue weighted by Gasteiger charge is -1.99. The number of aryl methyl sites for hydroxylation is 1. The molecule has 102 valence electrons. The molecule has 0 aliphatic heterocycles. The summed E-state index contributed by atoms with van der Waals surface area (Å²) in [6, 6.07) is 4.45. The van der Waals surface area contributed by atoms with Crippen LogP contribution in [-0.4, -0.2) is 26.7 Å². The average Bonchev–Trinajstić information content (AvgIpc) is 2.72. The van der Waals surface area contributed by atoms with Crippen LogP contribution in [0.3, 0.4) is 0 Å². The van der Waals surface area contributed by atoms with Gasteiger partial charge in [-0.3, -0.25) is 10.1 Å². The first-order valence-corrected chi connectivity index (χ1v) is 5.64. The van der Waals surface area contributed by atoms with E-state index in [4.69, 9.17) is 4.74 Å². The van der Waals surface area contributed by atoms with Gasteiger partial charge in [0.1, 0.15) is 10.9 Å². The number of methoxy groups -OCH3 is 1. The van der Waals surface area contributed by atoms with Gasteiger partial charge in [0, 0.05) is 24.2 Å². The lowest BCUT2D eigenvalue weighted by atomic mass is 10.2. The van der Waals surface area contributed by atoms with E-state index in [1.54, 1.807) is 0 Å². The van der Waals surface area contributed by atoms with Crippen LogP contribution in [0, 0.1) is 22.2 Å². The molecule has 0 saturated heterocycles. The zero-order valence-corrected chi connectivity index (χ0v) is 10.6. The Labute approximate surface area is 111 Å². The lowest BCUT2D eigenvalue weighted by molar-refractivity contribution is -0.673. The number of nitrogens with zero attached hydrogens (tertiary/aromatic N) is 5. The molecule has 3 rings (SSSR count). The summed E-state index contributed by atoms with van der Waals surface area (Å²) in [5, 5.41) is 31.0. The molecule has 3 aromatic heterocycles. The summed E-state index contributed by atoms with van der Waals surface area (Å²) in [6.07, 6.45) is 0. The van der Waals surface area contributed by atoms with Gasteiger partial charge < -0.3 is 9.94 Å². The number of rotatable bonds is 2. The lowest BCUT2D eigenvalue weighted by Crippen LogP contribution is -2.34.